The molecule has 0 spiro atoms. The van der Waals surface area contributed by atoms with Crippen LogP contribution in [0.3, 0.4) is 0 Å². The van der Waals surface area contributed by atoms with Crippen molar-refractivity contribution in [1.29, 1.82) is 0 Å². The minimum atomic E-state index is 0.283. The van der Waals surface area contributed by atoms with Gasteiger partial charge in [0.2, 0.25) is 0 Å². The van der Waals surface area contributed by atoms with Crippen LogP contribution in [0.4, 0.5) is 0 Å². The molecule has 3 heteroatoms. The van der Waals surface area contributed by atoms with E-state index in [1.54, 1.807) is 6.20 Å². The molecule has 3 nitrogen and oxygen atoms in total. The first-order valence-corrected chi connectivity index (χ1v) is 7.56. The fourth-order valence-corrected chi connectivity index (χ4v) is 3.30. The maximum atomic E-state index is 6.16. The quantitative estimate of drug-likeness (QED) is 0.817. The number of ether oxygens (including phenoxy) is 1. The number of hydrogen-bond donors (Lipinski definition) is 1. The lowest BCUT2D eigenvalue weighted by Crippen LogP contribution is -2.64. The van der Waals surface area contributed by atoms with Crippen molar-refractivity contribution in [3.63, 3.8) is 0 Å². The largest absolute Gasteiger partial charge is 0.488 e. The van der Waals surface area contributed by atoms with E-state index in [9.17, 15) is 0 Å². The van der Waals surface area contributed by atoms with Crippen LogP contribution in [0.1, 0.15) is 46.5 Å². The van der Waals surface area contributed by atoms with Crippen LogP contribution in [-0.4, -0.2) is 23.7 Å². The van der Waals surface area contributed by atoms with E-state index in [0.717, 1.165) is 31.6 Å². The van der Waals surface area contributed by atoms with Gasteiger partial charge in [0.25, 0.3) is 0 Å². The molecule has 2 unspecified atom stereocenters. The molecule has 0 bridgehead atoms. The van der Waals surface area contributed by atoms with Gasteiger partial charge >= 0.3 is 0 Å². The standard InChI is InChI=1S/C16H26N2O/c1-4-9-18-14-11-15(16(14,5-2)6-3)19-13-8-7-10-17-12-13/h7-8,10,12,14-15,18H,4-6,9,11H2,1-3H3. The summed E-state index contributed by atoms with van der Waals surface area (Å²) in [7, 11) is 0. The highest BCUT2D eigenvalue weighted by Crippen LogP contribution is 2.48. The number of pyridine rings is 1. The van der Waals surface area contributed by atoms with Crippen molar-refractivity contribution in [3.05, 3.63) is 24.5 Å². The van der Waals surface area contributed by atoms with Gasteiger partial charge in [-0.2, -0.15) is 0 Å². The van der Waals surface area contributed by atoms with Gasteiger partial charge in [0.15, 0.2) is 0 Å². The highest BCUT2D eigenvalue weighted by Gasteiger charge is 2.53. The summed E-state index contributed by atoms with van der Waals surface area (Å²) in [6.07, 6.45) is 8.53. The molecule has 0 aromatic carbocycles. The van der Waals surface area contributed by atoms with E-state index in [-0.39, 0.29) is 5.41 Å². The highest BCUT2D eigenvalue weighted by atomic mass is 16.5. The average Bonchev–Trinajstić information content (AvgIpc) is 2.44. The van der Waals surface area contributed by atoms with Gasteiger partial charge in [0.1, 0.15) is 11.9 Å². The Balaban J connectivity index is 2.02. The molecule has 0 aliphatic heterocycles. The van der Waals surface area contributed by atoms with Gasteiger partial charge in [-0.1, -0.05) is 20.8 Å². The lowest BCUT2D eigenvalue weighted by Gasteiger charge is -2.55. The van der Waals surface area contributed by atoms with Crippen LogP contribution in [0, 0.1) is 5.41 Å². The summed E-state index contributed by atoms with van der Waals surface area (Å²) < 4.78 is 6.16. The molecule has 0 saturated heterocycles. The predicted octanol–water partition coefficient (Wildman–Crippen LogP) is 3.41. The molecule has 106 valence electrons. The minimum Gasteiger partial charge on any atom is -0.488 e. The maximum absolute atomic E-state index is 6.16. The van der Waals surface area contributed by atoms with Crippen LogP contribution >= 0.6 is 0 Å². The molecule has 1 aliphatic carbocycles. The number of nitrogens with one attached hydrogen (secondary N) is 1. The number of aromatic nitrogens is 1. The average molecular weight is 262 g/mol. The molecule has 19 heavy (non-hydrogen) atoms. The summed E-state index contributed by atoms with van der Waals surface area (Å²) in [5.74, 6) is 0.896. The van der Waals surface area contributed by atoms with E-state index < -0.39 is 0 Å². The summed E-state index contributed by atoms with van der Waals surface area (Å²) in [6, 6.07) is 4.53. The molecule has 1 saturated carbocycles. The van der Waals surface area contributed by atoms with Gasteiger partial charge < -0.3 is 10.1 Å². The monoisotopic (exact) mass is 262 g/mol. The van der Waals surface area contributed by atoms with Crippen molar-refractivity contribution in [2.24, 2.45) is 5.41 Å². The third kappa shape index (κ3) is 2.76. The Bertz CT molecular complexity index is 376. The molecule has 0 amide bonds. The second-order valence-corrected chi connectivity index (χ2v) is 5.48. The molecule has 1 aromatic heterocycles. The van der Waals surface area contributed by atoms with Crippen LogP contribution in [0.15, 0.2) is 24.5 Å². The molecule has 1 aliphatic rings. The normalized spacial score (nSPS) is 24.8. The maximum Gasteiger partial charge on any atom is 0.138 e. The Morgan fingerprint density at radius 1 is 1.37 bits per heavy atom. The van der Waals surface area contributed by atoms with E-state index in [0.29, 0.717) is 12.1 Å². The SMILES string of the molecule is CCCNC1CC(Oc2cccnc2)C1(CC)CC. The summed E-state index contributed by atoms with van der Waals surface area (Å²) in [4.78, 5) is 4.12. The van der Waals surface area contributed by atoms with Gasteiger partial charge in [-0.15, -0.1) is 0 Å². The first kappa shape index (κ1) is 14.3. The zero-order chi connectivity index (χ0) is 13.7. The molecule has 2 rings (SSSR count). The first-order valence-electron chi connectivity index (χ1n) is 7.56. The Morgan fingerprint density at radius 2 is 2.16 bits per heavy atom. The van der Waals surface area contributed by atoms with E-state index in [2.05, 4.69) is 31.1 Å². The fourth-order valence-electron chi connectivity index (χ4n) is 3.30. The van der Waals surface area contributed by atoms with Crippen LogP contribution in [0.25, 0.3) is 0 Å². The third-order valence-electron chi connectivity index (χ3n) is 4.65. The molecule has 1 heterocycles. The van der Waals surface area contributed by atoms with E-state index in [4.69, 9.17) is 4.74 Å². The van der Waals surface area contributed by atoms with E-state index >= 15 is 0 Å². The zero-order valence-corrected chi connectivity index (χ0v) is 12.4. The van der Waals surface area contributed by atoms with Gasteiger partial charge in [0, 0.05) is 24.1 Å². The second-order valence-electron chi connectivity index (χ2n) is 5.48. The molecule has 1 aromatic rings. The smallest absolute Gasteiger partial charge is 0.138 e. The van der Waals surface area contributed by atoms with Crippen molar-refractivity contribution in [1.82, 2.24) is 10.3 Å². The van der Waals surface area contributed by atoms with Crippen LogP contribution in [0.2, 0.25) is 0 Å². The number of rotatable bonds is 7. The first-order chi connectivity index (χ1) is 9.26. The molecular weight excluding hydrogens is 236 g/mol. The molecule has 1 fully saturated rings. The van der Waals surface area contributed by atoms with E-state index in [1.165, 1.54) is 6.42 Å². The van der Waals surface area contributed by atoms with Crippen LogP contribution < -0.4 is 10.1 Å². The van der Waals surface area contributed by atoms with Crippen molar-refractivity contribution >= 4 is 0 Å². The lowest BCUT2D eigenvalue weighted by molar-refractivity contribution is -0.0859. The van der Waals surface area contributed by atoms with Gasteiger partial charge in [-0.25, -0.2) is 0 Å². The van der Waals surface area contributed by atoms with E-state index in [1.807, 2.05) is 18.3 Å². The molecule has 2 atom stereocenters. The summed E-state index contributed by atoms with van der Waals surface area (Å²) in [6.45, 7) is 7.88. The molecule has 1 N–H and O–H groups in total. The van der Waals surface area contributed by atoms with Gasteiger partial charge in [-0.3, -0.25) is 4.98 Å². The summed E-state index contributed by atoms with van der Waals surface area (Å²) >= 11 is 0. The zero-order valence-electron chi connectivity index (χ0n) is 12.4. The topological polar surface area (TPSA) is 34.1 Å². The predicted molar refractivity (Wildman–Crippen MR) is 78.4 cm³/mol. The number of hydrogen-bond acceptors (Lipinski definition) is 3. The summed E-state index contributed by atoms with van der Waals surface area (Å²) in [5, 5.41) is 3.68. The summed E-state index contributed by atoms with van der Waals surface area (Å²) in [5.41, 5.74) is 0.283. The van der Waals surface area contributed by atoms with Crippen molar-refractivity contribution in [2.75, 3.05) is 6.54 Å². The van der Waals surface area contributed by atoms with Gasteiger partial charge in [-0.05, 0) is 37.9 Å². The van der Waals surface area contributed by atoms with Crippen molar-refractivity contribution in [3.8, 4) is 5.75 Å². The number of nitrogens with zero attached hydrogens (tertiary/aromatic N) is 1. The Labute approximate surface area is 116 Å². The van der Waals surface area contributed by atoms with Crippen molar-refractivity contribution < 1.29 is 4.74 Å². The Kier molecular flexibility index (Phi) is 4.81. The second kappa shape index (κ2) is 6.38. The molecule has 0 radical (unpaired) electrons. The third-order valence-corrected chi connectivity index (χ3v) is 4.65. The Morgan fingerprint density at radius 3 is 2.74 bits per heavy atom. The van der Waals surface area contributed by atoms with Crippen LogP contribution in [-0.2, 0) is 0 Å². The van der Waals surface area contributed by atoms with Gasteiger partial charge in [0.05, 0.1) is 6.20 Å². The Hall–Kier alpha value is -1.09. The minimum absolute atomic E-state index is 0.283. The molecular formula is C16H26N2O. The highest BCUT2D eigenvalue weighted by molar-refractivity contribution is 5.19. The fraction of sp³-hybridized carbons (Fsp3) is 0.688. The van der Waals surface area contributed by atoms with Crippen molar-refractivity contribution in [2.45, 2.75) is 58.6 Å². The lowest BCUT2D eigenvalue weighted by atomic mass is 9.58. The van der Waals surface area contributed by atoms with Crippen LogP contribution in [0.5, 0.6) is 5.75 Å².